The monoisotopic (exact) mass is 289 g/mol. The second-order valence-corrected chi connectivity index (χ2v) is 5.36. The van der Waals surface area contributed by atoms with Crippen LogP contribution in [0.15, 0.2) is 36.7 Å². The molecule has 4 heteroatoms. The Kier molecular flexibility index (Phi) is 5.50. The van der Waals surface area contributed by atoms with Gasteiger partial charge in [-0.1, -0.05) is 30.7 Å². The number of halogens is 1. The normalized spacial score (nSPS) is 12.3. The zero-order valence-corrected chi connectivity index (χ0v) is 12.7. The van der Waals surface area contributed by atoms with Crippen LogP contribution in [-0.4, -0.2) is 16.5 Å². The van der Waals surface area contributed by atoms with E-state index < -0.39 is 0 Å². The number of rotatable bonds is 6. The van der Waals surface area contributed by atoms with Crippen molar-refractivity contribution in [3.8, 4) is 0 Å². The van der Waals surface area contributed by atoms with E-state index in [2.05, 4.69) is 34.3 Å². The molecule has 2 rings (SSSR count). The van der Waals surface area contributed by atoms with Crippen molar-refractivity contribution in [2.24, 2.45) is 0 Å². The summed E-state index contributed by atoms with van der Waals surface area (Å²) in [6.07, 6.45) is 5.65. The van der Waals surface area contributed by atoms with Crippen LogP contribution in [0.4, 0.5) is 0 Å². The van der Waals surface area contributed by atoms with Gasteiger partial charge in [-0.2, -0.15) is 0 Å². The Hall–Kier alpha value is -1.45. The maximum Gasteiger partial charge on any atom is 0.0759 e. The SMILES string of the molecule is CCCNC(Cc1ccc(Cl)cc1)c1cnc(C)cn1. The highest BCUT2D eigenvalue weighted by molar-refractivity contribution is 6.30. The molecule has 0 aliphatic rings. The molecule has 2 aromatic rings. The Morgan fingerprint density at radius 1 is 1.15 bits per heavy atom. The highest BCUT2D eigenvalue weighted by Gasteiger charge is 2.13. The molecule has 0 saturated heterocycles. The van der Waals surface area contributed by atoms with Gasteiger partial charge in [-0.15, -0.1) is 0 Å². The number of aromatic nitrogens is 2. The average molecular weight is 290 g/mol. The summed E-state index contributed by atoms with van der Waals surface area (Å²) >= 11 is 5.93. The first-order valence-electron chi connectivity index (χ1n) is 6.95. The van der Waals surface area contributed by atoms with E-state index in [1.807, 2.05) is 31.5 Å². The fourth-order valence-corrected chi connectivity index (χ4v) is 2.16. The first-order chi connectivity index (χ1) is 9.69. The number of aryl methyl sites for hydroxylation is 1. The zero-order chi connectivity index (χ0) is 14.4. The largest absolute Gasteiger partial charge is 0.308 e. The molecule has 3 nitrogen and oxygen atoms in total. The molecule has 0 spiro atoms. The summed E-state index contributed by atoms with van der Waals surface area (Å²) < 4.78 is 0. The highest BCUT2D eigenvalue weighted by Crippen LogP contribution is 2.18. The third-order valence-electron chi connectivity index (χ3n) is 3.15. The Morgan fingerprint density at radius 3 is 2.50 bits per heavy atom. The van der Waals surface area contributed by atoms with Crippen LogP contribution in [-0.2, 0) is 6.42 Å². The van der Waals surface area contributed by atoms with Crippen LogP contribution in [0, 0.1) is 6.92 Å². The molecule has 20 heavy (non-hydrogen) atoms. The smallest absolute Gasteiger partial charge is 0.0759 e. The number of hydrogen-bond donors (Lipinski definition) is 1. The van der Waals surface area contributed by atoms with Gasteiger partial charge in [0.05, 0.1) is 23.6 Å². The Balaban J connectivity index is 2.14. The molecule has 0 bridgehead atoms. The standard InChI is InChI=1S/C16H20ClN3/c1-3-8-18-15(16-11-19-12(2)10-20-16)9-13-4-6-14(17)7-5-13/h4-7,10-11,15,18H,3,8-9H2,1-2H3. The molecule has 0 aliphatic carbocycles. The molecule has 1 unspecified atom stereocenters. The van der Waals surface area contributed by atoms with Crippen molar-refractivity contribution in [3.63, 3.8) is 0 Å². The minimum atomic E-state index is 0.184. The molecule has 1 atom stereocenters. The lowest BCUT2D eigenvalue weighted by Crippen LogP contribution is -2.25. The number of nitrogens with zero attached hydrogens (tertiary/aromatic N) is 2. The van der Waals surface area contributed by atoms with Crippen molar-refractivity contribution in [2.75, 3.05) is 6.54 Å². The Labute approximate surface area is 125 Å². The van der Waals surface area contributed by atoms with Gasteiger partial charge in [-0.3, -0.25) is 9.97 Å². The zero-order valence-electron chi connectivity index (χ0n) is 11.9. The van der Waals surface area contributed by atoms with Gasteiger partial charge in [0.2, 0.25) is 0 Å². The predicted molar refractivity (Wildman–Crippen MR) is 83.0 cm³/mol. The molecular formula is C16H20ClN3. The van der Waals surface area contributed by atoms with Crippen LogP contribution in [0.3, 0.4) is 0 Å². The van der Waals surface area contributed by atoms with E-state index in [-0.39, 0.29) is 6.04 Å². The van der Waals surface area contributed by atoms with Gasteiger partial charge in [0.1, 0.15) is 0 Å². The second kappa shape index (κ2) is 7.36. The van der Waals surface area contributed by atoms with Crippen LogP contribution in [0.2, 0.25) is 5.02 Å². The molecule has 0 saturated carbocycles. The maximum atomic E-state index is 5.93. The molecule has 1 N–H and O–H groups in total. The molecule has 0 aliphatic heterocycles. The molecule has 0 radical (unpaired) electrons. The van der Waals surface area contributed by atoms with Gasteiger partial charge in [-0.05, 0) is 44.0 Å². The average Bonchev–Trinajstić information content (AvgIpc) is 2.46. The van der Waals surface area contributed by atoms with Crippen molar-refractivity contribution in [1.82, 2.24) is 15.3 Å². The lowest BCUT2D eigenvalue weighted by atomic mass is 10.0. The van der Waals surface area contributed by atoms with Crippen LogP contribution >= 0.6 is 11.6 Å². The van der Waals surface area contributed by atoms with Crippen LogP contribution < -0.4 is 5.32 Å². The number of hydrogen-bond acceptors (Lipinski definition) is 3. The van der Waals surface area contributed by atoms with Crippen molar-refractivity contribution < 1.29 is 0 Å². The van der Waals surface area contributed by atoms with Crippen molar-refractivity contribution >= 4 is 11.6 Å². The molecule has 106 valence electrons. The van der Waals surface area contributed by atoms with Gasteiger partial charge in [0.15, 0.2) is 0 Å². The molecule has 1 heterocycles. The van der Waals surface area contributed by atoms with E-state index >= 15 is 0 Å². The summed E-state index contributed by atoms with van der Waals surface area (Å²) in [5, 5.41) is 4.30. The van der Waals surface area contributed by atoms with E-state index in [9.17, 15) is 0 Å². The molecule has 1 aromatic heterocycles. The number of benzene rings is 1. The highest BCUT2D eigenvalue weighted by atomic mass is 35.5. The maximum absolute atomic E-state index is 5.93. The minimum Gasteiger partial charge on any atom is -0.308 e. The summed E-state index contributed by atoms with van der Waals surface area (Å²) in [6.45, 7) is 5.07. The summed E-state index contributed by atoms with van der Waals surface area (Å²) in [4.78, 5) is 8.83. The van der Waals surface area contributed by atoms with E-state index in [1.54, 1.807) is 0 Å². The van der Waals surface area contributed by atoms with E-state index in [0.29, 0.717) is 0 Å². The van der Waals surface area contributed by atoms with E-state index in [4.69, 9.17) is 11.6 Å². The number of nitrogens with one attached hydrogen (secondary N) is 1. The lowest BCUT2D eigenvalue weighted by Gasteiger charge is -2.18. The van der Waals surface area contributed by atoms with Crippen molar-refractivity contribution in [3.05, 3.63) is 58.6 Å². The Morgan fingerprint density at radius 2 is 1.90 bits per heavy atom. The topological polar surface area (TPSA) is 37.8 Å². The van der Waals surface area contributed by atoms with Crippen molar-refractivity contribution in [1.29, 1.82) is 0 Å². The van der Waals surface area contributed by atoms with E-state index in [0.717, 1.165) is 35.8 Å². The second-order valence-electron chi connectivity index (χ2n) is 4.92. The van der Waals surface area contributed by atoms with Gasteiger partial charge in [0, 0.05) is 11.2 Å². The fourth-order valence-electron chi connectivity index (χ4n) is 2.04. The van der Waals surface area contributed by atoms with Gasteiger partial charge < -0.3 is 5.32 Å². The molecule has 0 fully saturated rings. The Bertz CT molecular complexity index is 522. The van der Waals surface area contributed by atoms with Gasteiger partial charge in [0.25, 0.3) is 0 Å². The molecular weight excluding hydrogens is 270 g/mol. The van der Waals surface area contributed by atoms with Crippen molar-refractivity contribution in [2.45, 2.75) is 32.7 Å². The summed E-state index contributed by atoms with van der Waals surface area (Å²) in [6, 6.07) is 8.16. The third-order valence-corrected chi connectivity index (χ3v) is 3.40. The first-order valence-corrected chi connectivity index (χ1v) is 7.33. The van der Waals surface area contributed by atoms with E-state index in [1.165, 1.54) is 5.56 Å². The quantitative estimate of drug-likeness (QED) is 0.881. The van der Waals surface area contributed by atoms with Crippen LogP contribution in [0.25, 0.3) is 0 Å². The van der Waals surface area contributed by atoms with Gasteiger partial charge >= 0.3 is 0 Å². The van der Waals surface area contributed by atoms with Gasteiger partial charge in [-0.25, -0.2) is 0 Å². The first kappa shape index (κ1) is 14.9. The molecule has 0 amide bonds. The fraction of sp³-hybridized carbons (Fsp3) is 0.375. The predicted octanol–water partition coefficient (Wildman–Crippen LogP) is 3.72. The van der Waals surface area contributed by atoms with Crippen LogP contribution in [0.5, 0.6) is 0 Å². The third kappa shape index (κ3) is 4.29. The van der Waals surface area contributed by atoms with Crippen LogP contribution in [0.1, 0.15) is 36.3 Å². The molecule has 1 aromatic carbocycles. The summed E-state index contributed by atoms with van der Waals surface area (Å²) in [5.74, 6) is 0. The summed E-state index contributed by atoms with van der Waals surface area (Å²) in [5.41, 5.74) is 3.17. The lowest BCUT2D eigenvalue weighted by molar-refractivity contribution is 0.515. The minimum absolute atomic E-state index is 0.184. The summed E-state index contributed by atoms with van der Waals surface area (Å²) in [7, 11) is 0.